The van der Waals surface area contributed by atoms with Gasteiger partial charge in [0.2, 0.25) is 0 Å². The van der Waals surface area contributed by atoms with Crippen molar-refractivity contribution in [3.05, 3.63) is 0 Å². The largest absolute Gasteiger partial charge is 0.429 e. The second kappa shape index (κ2) is 4.40. The molecule has 0 aromatic heterocycles. The molecule has 0 aliphatic heterocycles. The summed E-state index contributed by atoms with van der Waals surface area (Å²) in [4.78, 5) is 0. The Balaban J connectivity index is 3.44. The molecular weight excluding hydrogens is 235 g/mol. The first-order valence-corrected chi connectivity index (χ1v) is 12.4. The molecule has 0 aromatic carbocycles. The molecule has 0 spiro atoms. The van der Waals surface area contributed by atoms with Gasteiger partial charge in [-0.05, 0) is 26.2 Å². The van der Waals surface area contributed by atoms with E-state index in [2.05, 4.69) is 0 Å². The van der Waals surface area contributed by atoms with E-state index in [1.54, 1.807) is 0 Å². The second-order valence-electron chi connectivity index (χ2n) is 3.13. The van der Waals surface area contributed by atoms with Crippen LogP contribution in [0.1, 0.15) is 0 Å². The summed E-state index contributed by atoms with van der Waals surface area (Å²) >= 11 is 11.8. The third-order valence-corrected chi connectivity index (χ3v) is 9.20. The highest BCUT2D eigenvalue weighted by Gasteiger charge is 2.22. The summed E-state index contributed by atoms with van der Waals surface area (Å²) in [7, 11) is -4.71. The van der Waals surface area contributed by atoms with E-state index in [9.17, 15) is 0 Å². The molecule has 0 fully saturated rings. The van der Waals surface area contributed by atoms with Crippen molar-refractivity contribution in [3.63, 3.8) is 0 Å². The average Bonchev–Trinajstić information content (AvgIpc) is 1.55. The summed E-state index contributed by atoms with van der Waals surface area (Å²) in [6, 6.07) is 0. The van der Waals surface area contributed by atoms with Crippen LogP contribution in [0.4, 0.5) is 0 Å². The lowest BCUT2D eigenvalue weighted by Gasteiger charge is -2.19. The maximum absolute atomic E-state index is 5.91. The van der Waals surface area contributed by atoms with Gasteiger partial charge >= 0.3 is 0 Å². The van der Waals surface area contributed by atoms with E-state index in [0.29, 0.717) is 0 Å². The summed E-state index contributed by atoms with van der Waals surface area (Å²) < 4.78 is 10.8. The fourth-order valence-electron chi connectivity index (χ4n) is 0.310. The van der Waals surface area contributed by atoms with Crippen LogP contribution in [0.2, 0.25) is 26.2 Å². The predicted molar refractivity (Wildman–Crippen MR) is 57.4 cm³/mol. The zero-order valence-corrected chi connectivity index (χ0v) is 12.2. The zero-order valence-electron chi connectivity index (χ0n) is 7.28. The fraction of sp³-hybridized carbons (Fsp3) is 1.00. The van der Waals surface area contributed by atoms with Crippen LogP contribution in [-0.4, -0.2) is 25.3 Å². The molecule has 0 saturated carbocycles. The van der Waals surface area contributed by atoms with Crippen LogP contribution in [-0.2, 0) is 8.23 Å². The Labute approximate surface area is 81.9 Å². The van der Waals surface area contributed by atoms with Gasteiger partial charge in [0, 0.05) is 0 Å². The van der Waals surface area contributed by atoms with Crippen LogP contribution in [0.5, 0.6) is 0 Å². The van der Waals surface area contributed by atoms with Gasteiger partial charge in [-0.15, -0.1) is 22.2 Å². The van der Waals surface area contributed by atoms with Gasteiger partial charge in [0.15, 0.2) is 0 Å². The average molecular weight is 249 g/mol. The maximum atomic E-state index is 5.91. The van der Waals surface area contributed by atoms with Gasteiger partial charge in [-0.2, -0.15) is 0 Å². The Morgan fingerprint density at radius 2 is 1.18 bits per heavy atom. The third-order valence-electron chi connectivity index (χ3n) is 0.804. The van der Waals surface area contributed by atoms with Gasteiger partial charge in [-0.3, -0.25) is 0 Å². The maximum Gasteiger partial charge on any atom is 0.285 e. The van der Waals surface area contributed by atoms with Crippen molar-refractivity contribution in [1.82, 2.24) is 0 Å². The monoisotopic (exact) mass is 248 g/mol. The van der Waals surface area contributed by atoms with Crippen molar-refractivity contribution in [3.8, 4) is 0 Å². The molecule has 0 aliphatic carbocycles. The molecule has 0 aliphatic rings. The SMILES string of the molecule is C[Si](C)(Cl)O[SiH2]O[Si](C)(C)Cl. The van der Waals surface area contributed by atoms with Gasteiger partial charge in [-0.1, -0.05) is 0 Å². The molecule has 68 valence electrons. The van der Waals surface area contributed by atoms with Crippen molar-refractivity contribution < 1.29 is 8.23 Å². The standard InChI is InChI=1S/C4H14Cl2O2Si3/c1-10(2,5)7-9-8-11(3,4)6/h9H2,1-4H3. The molecule has 0 atom stereocenters. The third kappa shape index (κ3) is 11.2. The molecule has 0 saturated heterocycles. The molecule has 2 nitrogen and oxygen atoms in total. The van der Waals surface area contributed by atoms with E-state index in [-0.39, 0.29) is 0 Å². The summed E-state index contributed by atoms with van der Waals surface area (Å²) in [6.45, 7) is 7.70. The normalized spacial score (nSPS) is 13.6. The van der Waals surface area contributed by atoms with Crippen molar-refractivity contribution in [2.75, 3.05) is 0 Å². The van der Waals surface area contributed by atoms with Crippen LogP contribution in [0.15, 0.2) is 0 Å². The predicted octanol–water partition coefficient (Wildman–Crippen LogP) is 1.90. The molecule has 0 radical (unpaired) electrons. The topological polar surface area (TPSA) is 18.5 Å². The van der Waals surface area contributed by atoms with Gasteiger partial charge in [0.05, 0.1) is 0 Å². The van der Waals surface area contributed by atoms with Crippen LogP contribution in [0.3, 0.4) is 0 Å². The van der Waals surface area contributed by atoms with Crippen LogP contribution in [0.25, 0.3) is 0 Å². The molecule has 0 amide bonds. The van der Waals surface area contributed by atoms with Crippen molar-refractivity contribution in [1.29, 1.82) is 0 Å². The molecule has 0 aromatic rings. The molecule has 7 heteroatoms. The highest BCUT2D eigenvalue weighted by molar-refractivity contribution is 7.18. The Kier molecular flexibility index (Phi) is 4.87. The van der Waals surface area contributed by atoms with E-state index in [0.717, 1.165) is 0 Å². The summed E-state index contributed by atoms with van der Waals surface area (Å²) in [5.74, 6) is 0. The van der Waals surface area contributed by atoms with Crippen LogP contribution in [0, 0.1) is 0 Å². The van der Waals surface area contributed by atoms with E-state index in [1.165, 1.54) is 0 Å². The molecule has 0 bridgehead atoms. The number of halogens is 2. The highest BCUT2D eigenvalue weighted by Crippen LogP contribution is 2.12. The molecule has 11 heavy (non-hydrogen) atoms. The Bertz CT molecular complexity index is 105. The lowest BCUT2D eigenvalue weighted by atomic mass is 11.9. The Morgan fingerprint density at radius 1 is 0.909 bits per heavy atom. The zero-order chi connectivity index (χ0) is 9.12. The summed E-state index contributed by atoms with van der Waals surface area (Å²) in [5, 5.41) is 0. The van der Waals surface area contributed by atoms with Gasteiger partial charge < -0.3 is 8.23 Å². The first kappa shape index (κ1) is 12.2. The minimum Gasteiger partial charge on any atom is -0.429 e. The van der Waals surface area contributed by atoms with E-state index >= 15 is 0 Å². The van der Waals surface area contributed by atoms with Gasteiger partial charge in [0.1, 0.15) is 0 Å². The fourth-order valence-corrected chi connectivity index (χ4v) is 4.12. The van der Waals surface area contributed by atoms with Crippen molar-refractivity contribution >= 4 is 47.4 Å². The number of hydrogen-bond acceptors (Lipinski definition) is 2. The van der Waals surface area contributed by atoms with E-state index < -0.39 is 25.3 Å². The van der Waals surface area contributed by atoms with E-state index in [1.807, 2.05) is 26.2 Å². The lowest BCUT2D eigenvalue weighted by Crippen LogP contribution is -2.32. The second-order valence-corrected chi connectivity index (χ2v) is 16.6. The lowest BCUT2D eigenvalue weighted by molar-refractivity contribution is 0.470. The number of rotatable bonds is 4. The Hall–Kier alpha value is 1.15. The molecule has 0 N–H and O–H groups in total. The minimum absolute atomic E-state index is 0.938. The quantitative estimate of drug-likeness (QED) is 0.559. The summed E-state index contributed by atoms with van der Waals surface area (Å²) in [6.07, 6.45) is 0. The van der Waals surface area contributed by atoms with Gasteiger partial charge in [-0.25, -0.2) is 0 Å². The molecular formula is C4H14Cl2O2Si3. The highest BCUT2D eigenvalue weighted by atomic mass is 35.6. The van der Waals surface area contributed by atoms with Gasteiger partial charge in [0.25, 0.3) is 25.3 Å². The molecule has 0 rings (SSSR count). The molecule has 0 heterocycles. The van der Waals surface area contributed by atoms with Crippen molar-refractivity contribution in [2.24, 2.45) is 0 Å². The minimum atomic E-state index is -1.88. The number of hydrogen-bond donors (Lipinski definition) is 0. The van der Waals surface area contributed by atoms with Crippen molar-refractivity contribution in [2.45, 2.75) is 26.2 Å². The first-order valence-electron chi connectivity index (χ1n) is 3.36. The molecule has 0 unspecified atom stereocenters. The Morgan fingerprint density at radius 3 is 1.36 bits per heavy atom. The first-order chi connectivity index (χ1) is 4.71. The van der Waals surface area contributed by atoms with Crippen LogP contribution >= 0.6 is 22.2 Å². The van der Waals surface area contributed by atoms with E-state index in [4.69, 9.17) is 30.4 Å². The summed E-state index contributed by atoms with van der Waals surface area (Å²) in [5.41, 5.74) is 0. The smallest absolute Gasteiger partial charge is 0.285 e. The van der Waals surface area contributed by atoms with Crippen LogP contribution < -0.4 is 0 Å².